The molecule has 1 saturated heterocycles. The molecule has 0 unspecified atom stereocenters. The Morgan fingerprint density at radius 2 is 1.84 bits per heavy atom. The van der Waals surface area contributed by atoms with E-state index in [4.69, 9.17) is 21.1 Å². The summed E-state index contributed by atoms with van der Waals surface area (Å²) in [5.41, 5.74) is 6.65. The van der Waals surface area contributed by atoms with Crippen LogP contribution >= 0.6 is 11.6 Å². The summed E-state index contributed by atoms with van der Waals surface area (Å²) >= 11 is 6.24. The van der Waals surface area contributed by atoms with E-state index >= 15 is 0 Å². The number of halogens is 1. The molecule has 15 heteroatoms. The number of H-pyrrole nitrogens is 1. The number of hydrogen-bond donors (Lipinski definition) is 3. The molecule has 3 N–H and O–H groups in total. The van der Waals surface area contributed by atoms with E-state index < -0.39 is 31.4 Å². The maximum absolute atomic E-state index is 13.9. The molecule has 1 fully saturated rings. The van der Waals surface area contributed by atoms with Gasteiger partial charge in [-0.05, 0) is 127 Å². The van der Waals surface area contributed by atoms with Crippen molar-refractivity contribution >= 4 is 61.1 Å². The monoisotopic (exact) mass is 878 g/mol. The largest absolute Gasteiger partial charge is 0.455 e. The van der Waals surface area contributed by atoms with Crippen LogP contribution in [0.2, 0.25) is 5.02 Å². The zero-order valence-corrected chi connectivity index (χ0v) is 36.5. The average molecular weight is 879 g/mol. The van der Waals surface area contributed by atoms with Gasteiger partial charge in [0, 0.05) is 62.1 Å². The van der Waals surface area contributed by atoms with Crippen molar-refractivity contribution in [2.75, 3.05) is 44.7 Å². The lowest BCUT2D eigenvalue weighted by Gasteiger charge is -2.36. The Morgan fingerprint density at radius 1 is 1.05 bits per heavy atom. The highest BCUT2D eigenvalue weighted by Gasteiger charge is 2.30. The van der Waals surface area contributed by atoms with Gasteiger partial charge in [-0.1, -0.05) is 55.3 Å². The summed E-state index contributed by atoms with van der Waals surface area (Å²) < 4.78 is 41.2. The first kappa shape index (κ1) is 43.1. The number of nitrogens with one attached hydrogen (secondary N) is 3. The van der Waals surface area contributed by atoms with Gasteiger partial charge in [0.25, 0.3) is 21.6 Å². The second-order valence-corrected chi connectivity index (χ2v) is 19.3. The Hall–Kier alpha value is -5.54. The number of carbonyl (C=O) groups excluding carboxylic acids is 1. The number of nitrogens with zero attached hydrogens (tertiary/aromatic N) is 3. The van der Waals surface area contributed by atoms with Gasteiger partial charge >= 0.3 is 0 Å². The Labute approximate surface area is 366 Å². The summed E-state index contributed by atoms with van der Waals surface area (Å²) in [7, 11) is -4.55. The Bertz CT molecular complexity index is 2650. The lowest BCUT2D eigenvalue weighted by molar-refractivity contribution is -0.384. The van der Waals surface area contributed by atoms with Crippen LogP contribution in [0, 0.1) is 21.4 Å². The maximum atomic E-state index is 13.9. The molecule has 2 aliphatic heterocycles. The predicted octanol–water partition coefficient (Wildman–Crippen LogP) is 10.0. The lowest BCUT2D eigenvalue weighted by atomic mass is 9.72. The number of anilines is 1. The first-order valence-electron chi connectivity index (χ1n) is 21.1. The van der Waals surface area contributed by atoms with Gasteiger partial charge in [-0.15, -0.1) is 0 Å². The van der Waals surface area contributed by atoms with Gasteiger partial charge < -0.3 is 19.8 Å². The molecule has 3 aromatic carbocycles. The number of pyridine rings is 1. The molecule has 3 aliphatic rings. The van der Waals surface area contributed by atoms with E-state index in [1.807, 2.05) is 18.2 Å². The van der Waals surface area contributed by atoms with Gasteiger partial charge in [-0.2, -0.15) is 0 Å². The van der Waals surface area contributed by atoms with Crippen LogP contribution in [0.3, 0.4) is 0 Å². The van der Waals surface area contributed by atoms with Crippen LogP contribution in [0.4, 0.5) is 11.4 Å². The standard InChI is InChI=1S/C47H51ClN6O7S/c1-47(2)18-11-36(41(28-47)33-3-6-37(48)7-4-33)30-53-21-14-32(15-22-53)34-5-9-40(44(26-34)61-38-25-35-13-20-50-45(35)51-29-38)46(55)52-62(58,59)39-8-10-42(43(27-39)54(56)57)49-19-12-31-16-23-60-24-17-31/h3-10,13-14,20,25-27,29,31,49H,11-12,15-19,21-24,28,30H2,1-2H3,(H,50,51)(H,52,55). The van der Waals surface area contributed by atoms with E-state index in [0.29, 0.717) is 37.1 Å². The van der Waals surface area contributed by atoms with E-state index in [1.54, 1.807) is 30.5 Å². The molecular weight excluding hydrogens is 828 g/mol. The molecule has 5 aromatic rings. The highest BCUT2D eigenvalue weighted by atomic mass is 35.5. The van der Waals surface area contributed by atoms with Crippen molar-refractivity contribution in [1.82, 2.24) is 19.6 Å². The number of aromatic amines is 1. The van der Waals surface area contributed by atoms with Gasteiger partial charge in [0.2, 0.25) is 0 Å². The van der Waals surface area contributed by atoms with Crippen molar-refractivity contribution in [1.29, 1.82) is 0 Å². The summed E-state index contributed by atoms with van der Waals surface area (Å²) in [4.78, 5) is 34.9. The van der Waals surface area contributed by atoms with Crippen LogP contribution in [0.1, 0.15) is 80.3 Å². The number of nitro groups is 1. The zero-order valence-electron chi connectivity index (χ0n) is 34.9. The average Bonchev–Trinajstić information content (AvgIpc) is 3.73. The Balaban J connectivity index is 1.02. The molecule has 1 amide bonds. The van der Waals surface area contributed by atoms with Crippen LogP contribution in [-0.4, -0.2) is 73.5 Å². The number of amides is 1. The van der Waals surface area contributed by atoms with E-state index in [2.05, 4.69) is 57.0 Å². The van der Waals surface area contributed by atoms with Gasteiger partial charge in [0.05, 0.1) is 21.6 Å². The number of rotatable bonds is 14. The lowest BCUT2D eigenvalue weighted by Crippen LogP contribution is -2.32. The first-order valence-corrected chi connectivity index (χ1v) is 23.0. The number of hydrogen-bond acceptors (Lipinski definition) is 10. The molecule has 62 heavy (non-hydrogen) atoms. The van der Waals surface area contributed by atoms with Crippen molar-refractivity contribution in [2.45, 2.75) is 63.7 Å². The molecule has 4 heterocycles. The Kier molecular flexibility index (Phi) is 12.8. The number of sulfonamides is 1. The SMILES string of the molecule is CC1(C)CCC(CN2CC=C(c3ccc(C(=O)NS(=O)(=O)c4ccc(NCCC5CCOCC5)c([N+](=O)[O-])c4)c(Oc4cnc5[nH]ccc5c4)c3)CC2)=C(c2ccc(Cl)cc2)C1. The summed E-state index contributed by atoms with van der Waals surface area (Å²) in [5, 5.41) is 16.7. The molecule has 8 rings (SSSR count). The van der Waals surface area contributed by atoms with Gasteiger partial charge in [-0.25, -0.2) is 18.1 Å². The number of allylic oxidation sites excluding steroid dienone is 1. The molecule has 0 bridgehead atoms. The second kappa shape index (κ2) is 18.4. The number of ether oxygens (including phenoxy) is 2. The van der Waals surface area contributed by atoms with E-state index in [-0.39, 0.29) is 22.4 Å². The number of fused-ring (bicyclic) bond motifs is 1. The van der Waals surface area contributed by atoms with Crippen LogP contribution in [0.25, 0.3) is 22.2 Å². The van der Waals surface area contributed by atoms with Crippen LogP contribution in [0.15, 0.2) is 102 Å². The highest BCUT2D eigenvalue weighted by molar-refractivity contribution is 7.90. The molecule has 0 saturated carbocycles. The predicted molar refractivity (Wildman–Crippen MR) is 242 cm³/mol. The molecule has 1 aliphatic carbocycles. The summed E-state index contributed by atoms with van der Waals surface area (Å²) in [5.74, 6) is -0.0185. The number of benzene rings is 3. The normalized spacial score (nSPS) is 17.4. The third kappa shape index (κ3) is 10.2. The molecule has 13 nitrogen and oxygen atoms in total. The fraction of sp³-hybridized carbons (Fsp3) is 0.362. The molecule has 0 spiro atoms. The van der Waals surface area contributed by atoms with Gasteiger partial charge in [0.1, 0.15) is 22.8 Å². The van der Waals surface area contributed by atoms with Gasteiger partial charge in [0.15, 0.2) is 0 Å². The number of carbonyl (C=O) groups is 1. The highest BCUT2D eigenvalue weighted by Crippen LogP contribution is 2.44. The minimum Gasteiger partial charge on any atom is -0.455 e. The van der Waals surface area contributed by atoms with E-state index in [0.717, 1.165) is 92.2 Å². The molecule has 0 radical (unpaired) electrons. The second-order valence-electron chi connectivity index (χ2n) is 17.2. The smallest absolute Gasteiger partial charge is 0.293 e. The van der Waals surface area contributed by atoms with Crippen molar-refractivity contribution in [3.8, 4) is 11.5 Å². The van der Waals surface area contributed by atoms with E-state index in [9.17, 15) is 23.3 Å². The van der Waals surface area contributed by atoms with Gasteiger partial charge in [-0.3, -0.25) is 19.8 Å². The molecule has 2 aromatic heterocycles. The summed E-state index contributed by atoms with van der Waals surface area (Å²) in [6, 6.07) is 20.5. The minimum absolute atomic E-state index is 0.0349. The number of nitro benzene ring substituents is 1. The fourth-order valence-electron chi connectivity index (χ4n) is 8.61. The topological polar surface area (TPSA) is 169 Å². The Morgan fingerprint density at radius 3 is 2.60 bits per heavy atom. The fourth-order valence-corrected chi connectivity index (χ4v) is 9.72. The zero-order chi connectivity index (χ0) is 43.4. The van der Waals surface area contributed by atoms with Crippen molar-refractivity contribution in [3.63, 3.8) is 0 Å². The number of aromatic nitrogens is 2. The quantitative estimate of drug-likeness (QED) is 0.0721. The maximum Gasteiger partial charge on any atom is 0.293 e. The molecular formula is C47H51ClN6O7S. The third-order valence-corrected chi connectivity index (χ3v) is 13.8. The van der Waals surface area contributed by atoms with Crippen LogP contribution in [0.5, 0.6) is 11.5 Å². The van der Waals surface area contributed by atoms with Crippen molar-refractivity contribution in [2.24, 2.45) is 11.3 Å². The van der Waals surface area contributed by atoms with Crippen molar-refractivity contribution < 1.29 is 27.6 Å². The van der Waals surface area contributed by atoms with Crippen molar-refractivity contribution in [3.05, 3.63) is 129 Å². The van der Waals surface area contributed by atoms with Crippen LogP contribution in [-0.2, 0) is 14.8 Å². The molecule has 0 atom stereocenters. The summed E-state index contributed by atoms with van der Waals surface area (Å²) in [6.07, 6.45) is 12.1. The third-order valence-electron chi connectivity index (χ3n) is 12.2. The van der Waals surface area contributed by atoms with Crippen LogP contribution < -0.4 is 14.8 Å². The summed E-state index contributed by atoms with van der Waals surface area (Å²) in [6.45, 7) is 8.97. The molecule has 324 valence electrons. The first-order chi connectivity index (χ1) is 29.8. The minimum atomic E-state index is -4.55. The van der Waals surface area contributed by atoms with E-state index in [1.165, 1.54) is 35.0 Å².